The summed E-state index contributed by atoms with van der Waals surface area (Å²) in [6.45, 7) is 8.53. The summed E-state index contributed by atoms with van der Waals surface area (Å²) in [5.74, 6) is 0. The van der Waals surface area contributed by atoms with Crippen molar-refractivity contribution in [2.75, 3.05) is 17.0 Å². The Bertz CT molecular complexity index is 682. The van der Waals surface area contributed by atoms with Gasteiger partial charge in [0, 0.05) is 5.56 Å². The fourth-order valence-electron chi connectivity index (χ4n) is 2.68. The van der Waals surface area contributed by atoms with Gasteiger partial charge in [-0.2, -0.15) is 0 Å². The lowest BCUT2D eigenvalue weighted by atomic mass is 9.97. The Balaban J connectivity index is 2.19. The number of nitrogens with zero attached hydrogens (tertiary/aromatic N) is 2. The average Bonchev–Trinajstić information content (AvgIpc) is 2.76. The van der Waals surface area contributed by atoms with Gasteiger partial charge in [0.2, 0.25) is 0 Å². The summed E-state index contributed by atoms with van der Waals surface area (Å²) in [5, 5.41) is 13.0. The van der Waals surface area contributed by atoms with Gasteiger partial charge in [0.05, 0.1) is 17.9 Å². The summed E-state index contributed by atoms with van der Waals surface area (Å²) in [6, 6.07) is 14.3. The number of benzene rings is 2. The number of anilines is 2. The van der Waals surface area contributed by atoms with Crippen LogP contribution in [0.1, 0.15) is 12.5 Å². The Kier molecular flexibility index (Phi) is 3.41. The maximum Gasteiger partial charge on any atom is 0.0894 e. The monoisotopic (exact) mass is 281 g/mol. The molecule has 4 nitrogen and oxygen atoms in total. The van der Waals surface area contributed by atoms with Crippen LogP contribution in [0, 0.1) is 6.92 Å². The van der Waals surface area contributed by atoms with E-state index in [0.717, 1.165) is 33.4 Å². The molecule has 2 aromatic rings. The molecule has 0 aromatic heterocycles. The molecule has 0 fully saturated rings. The molecule has 3 rings (SSSR count). The highest BCUT2D eigenvalue weighted by Crippen LogP contribution is 2.43. The van der Waals surface area contributed by atoms with Gasteiger partial charge in [-0.15, -0.1) is 0 Å². The second kappa shape index (κ2) is 5.24. The van der Waals surface area contributed by atoms with Crippen LogP contribution >= 0.6 is 0 Å². The minimum Gasteiger partial charge on any atom is -0.276 e. The second-order valence-electron chi connectivity index (χ2n) is 5.44. The number of hydrazine groups is 2. The van der Waals surface area contributed by atoms with E-state index in [4.69, 9.17) is 0 Å². The summed E-state index contributed by atoms with van der Waals surface area (Å²) >= 11 is 0. The summed E-state index contributed by atoms with van der Waals surface area (Å²) < 4.78 is 0. The van der Waals surface area contributed by atoms with Crippen molar-refractivity contribution in [2.24, 2.45) is 0 Å². The maximum absolute atomic E-state index is 10.1. The number of nitrogens with one attached hydrogen (secondary N) is 1. The zero-order valence-corrected chi connectivity index (χ0v) is 12.3. The standard InChI is InChI=1S/C17H19N3O/c1-12(2)11-19-17-15(18-20(19)21)10-9-13(3)16(17)14-7-5-4-6-8-14/h4-10,18,21H,1,11H2,2-3H3. The van der Waals surface area contributed by atoms with Crippen LogP contribution in [0.3, 0.4) is 0 Å². The molecule has 0 saturated heterocycles. The highest BCUT2D eigenvalue weighted by Gasteiger charge is 2.29. The molecule has 0 aliphatic carbocycles. The summed E-state index contributed by atoms with van der Waals surface area (Å²) in [7, 11) is 0. The van der Waals surface area contributed by atoms with E-state index in [-0.39, 0.29) is 0 Å². The van der Waals surface area contributed by atoms with Gasteiger partial charge in [-0.1, -0.05) is 48.6 Å². The van der Waals surface area contributed by atoms with Crippen LogP contribution in [-0.2, 0) is 0 Å². The van der Waals surface area contributed by atoms with Gasteiger partial charge in [0.1, 0.15) is 0 Å². The molecule has 2 aromatic carbocycles. The first-order valence-corrected chi connectivity index (χ1v) is 6.94. The fraction of sp³-hybridized carbons (Fsp3) is 0.176. The number of fused-ring (bicyclic) bond motifs is 1. The zero-order valence-electron chi connectivity index (χ0n) is 12.3. The molecule has 0 saturated carbocycles. The van der Waals surface area contributed by atoms with Gasteiger partial charge in [0.15, 0.2) is 0 Å². The third kappa shape index (κ3) is 2.39. The summed E-state index contributed by atoms with van der Waals surface area (Å²) in [4.78, 5) is 0. The third-order valence-electron chi connectivity index (χ3n) is 3.58. The van der Waals surface area contributed by atoms with Crippen molar-refractivity contribution in [1.29, 1.82) is 0 Å². The predicted molar refractivity (Wildman–Crippen MR) is 86.0 cm³/mol. The first kappa shape index (κ1) is 13.7. The lowest BCUT2D eigenvalue weighted by Gasteiger charge is -2.25. The molecular formula is C17H19N3O. The van der Waals surface area contributed by atoms with E-state index in [1.54, 1.807) is 5.01 Å². The molecule has 1 heterocycles. The van der Waals surface area contributed by atoms with Gasteiger partial charge >= 0.3 is 0 Å². The van der Waals surface area contributed by atoms with E-state index in [0.29, 0.717) is 6.54 Å². The maximum atomic E-state index is 10.1. The molecule has 0 amide bonds. The Hall–Kier alpha value is -2.30. The lowest BCUT2D eigenvalue weighted by Crippen LogP contribution is -2.39. The third-order valence-corrected chi connectivity index (χ3v) is 3.58. The molecule has 21 heavy (non-hydrogen) atoms. The topological polar surface area (TPSA) is 38.7 Å². The Morgan fingerprint density at radius 2 is 1.90 bits per heavy atom. The normalized spacial score (nSPS) is 14.0. The number of hydrogen-bond donors (Lipinski definition) is 2. The average molecular weight is 281 g/mol. The van der Waals surface area contributed by atoms with Crippen molar-refractivity contribution in [3.63, 3.8) is 0 Å². The van der Waals surface area contributed by atoms with Crippen LogP contribution in [0.4, 0.5) is 11.4 Å². The molecule has 0 unspecified atom stereocenters. The molecule has 1 aliphatic heterocycles. The Morgan fingerprint density at radius 1 is 1.19 bits per heavy atom. The van der Waals surface area contributed by atoms with Crippen LogP contribution in [0.25, 0.3) is 11.1 Å². The van der Waals surface area contributed by atoms with E-state index in [1.807, 2.05) is 31.2 Å². The molecule has 108 valence electrons. The molecule has 1 aliphatic rings. The molecule has 0 radical (unpaired) electrons. The van der Waals surface area contributed by atoms with E-state index >= 15 is 0 Å². The fourth-order valence-corrected chi connectivity index (χ4v) is 2.68. The second-order valence-corrected chi connectivity index (χ2v) is 5.44. The number of aryl methyl sites for hydroxylation is 1. The van der Waals surface area contributed by atoms with Crippen LogP contribution in [-0.4, -0.2) is 17.0 Å². The summed E-state index contributed by atoms with van der Waals surface area (Å²) in [6.07, 6.45) is 0. The number of hydrogen-bond acceptors (Lipinski definition) is 4. The minimum absolute atomic E-state index is 0.555. The number of rotatable bonds is 3. The van der Waals surface area contributed by atoms with E-state index in [9.17, 15) is 5.21 Å². The van der Waals surface area contributed by atoms with Gasteiger partial charge < -0.3 is 0 Å². The van der Waals surface area contributed by atoms with Crippen molar-refractivity contribution in [3.05, 3.63) is 60.2 Å². The molecule has 4 heteroatoms. The molecule has 0 atom stereocenters. The van der Waals surface area contributed by atoms with Gasteiger partial charge in [0.25, 0.3) is 0 Å². The molecule has 0 spiro atoms. The van der Waals surface area contributed by atoms with Gasteiger partial charge in [-0.25, -0.2) is 0 Å². The summed E-state index contributed by atoms with van der Waals surface area (Å²) in [5.41, 5.74) is 9.24. The van der Waals surface area contributed by atoms with Gasteiger partial charge in [-0.05, 0) is 36.3 Å². The SMILES string of the molecule is C=C(C)CN1c2c(ccc(C)c2-c2ccccc2)NN1O. The molecule has 0 bridgehead atoms. The Labute approximate surface area is 124 Å². The minimum atomic E-state index is 0.555. The van der Waals surface area contributed by atoms with E-state index in [2.05, 4.69) is 37.1 Å². The predicted octanol–water partition coefficient (Wildman–Crippen LogP) is 3.99. The quantitative estimate of drug-likeness (QED) is 0.834. The van der Waals surface area contributed by atoms with Crippen LogP contribution in [0.15, 0.2) is 54.6 Å². The lowest BCUT2D eigenvalue weighted by molar-refractivity contribution is -0.0689. The van der Waals surface area contributed by atoms with Crippen LogP contribution in [0.2, 0.25) is 0 Å². The van der Waals surface area contributed by atoms with Crippen molar-refractivity contribution in [3.8, 4) is 11.1 Å². The highest BCUT2D eigenvalue weighted by atomic mass is 16.6. The van der Waals surface area contributed by atoms with E-state index in [1.165, 1.54) is 5.56 Å². The van der Waals surface area contributed by atoms with Crippen molar-refractivity contribution in [2.45, 2.75) is 13.8 Å². The highest BCUT2D eigenvalue weighted by molar-refractivity contribution is 5.91. The van der Waals surface area contributed by atoms with E-state index < -0.39 is 0 Å². The van der Waals surface area contributed by atoms with Crippen molar-refractivity contribution in [1.82, 2.24) is 5.28 Å². The smallest absolute Gasteiger partial charge is 0.0894 e. The molecular weight excluding hydrogens is 262 g/mol. The Morgan fingerprint density at radius 3 is 2.57 bits per heavy atom. The van der Waals surface area contributed by atoms with Crippen LogP contribution < -0.4 is 10.4 Å². The molecule has 2 N–H and O–H groups in total. The first-order chi connectivity index (χ1) is 10.1. The zero-order chi connectivity index (χ0) is 15.0. The van der Waals surface area contributed by atoms with Crippen LogP contribution in [0.5, 0.6) is 0 Å². The first-order valence-electron chi connectivity index (χ1n) is 6.94. The van der Waals surface area contributed by atoms with Crippen molar-refractivity contribution < 1.29 is 5.21 Å². The van der Waals surface area contributed by atoms with Crippen molar-refractivity contribution >= 4 is 11.4 Å². The van der Waals surface area contributed by atoms with Gasteiger partial charge in [-0.3, -0.25) is 15.6 Å². The largest absolute Gasteiger partial charge is 0.276 e.